The van der Waals surface area contributed by atoms with Crippen LogP contribution in [-0.4, -0.2) is 26.4 Å². The second-order valence-corrected chi connectivity index (χ2v) is 10.1. The topological polar surface area (TPSA) is 99.5 Å². The van der Waals surface area contributed by atoms with E-state index in [9.17, 15) is 0 Å². The van der Waals surface area contributed by atoms with Crippen LogP contribution in [0.5, 0.6) is 0 Å². The monoisotopic (exact) mass is 527 g/mol. The number of aromatic nitrogens is 3. The van der Waals surface area contributed by atoms with Crippen LogP contribution in [0.25, 0.3) is 73.0 Å². The predicted molar refractivity (Wildman–Crippen MR) is 165 cm³/mol. The van der Waals surface area contributed by atoms with Crippen LogP contribution in [0, 0.1) is 10.8 Å². The summed E-state index contributed by atoms with van der Waals surface area (Å²) < 4.78 is 6.04. The highest BCUT2D eigenvalue weighted by Crippen LogP contribution is 2.34. The molecule has 0 aliphatic heterocycles. The zero-order chi connectivity index (χ0) is 27.5. The fourth-order valence-electron chi connectivity index (χ4n) is 5.50. The van der Waals surface area contributed by atoms with Crippen LogP contribution >= 0.6 is 0 Å². The molecule has 5 aromatic carbocycles. The molecular formula is C35H21N5O. The zero-order valence-corrected chi connectivity index (χ0v) is 21.7. The van der Waals surface area contributed by atoms with E-state index in [1.807, 2.05) is 97.1 Å². The van der Waals surface area contributed by atoms with Gasteiger partial charge in [0.05, 0.1) is 11.4 Å². The minimum Gasteiger partial charge on any atom is -0.456 e. The Morgan fingerprint density at radius 3 is 1.95 bits per heavy atom. The summed E-state index contributed by atoms with van der Waals surface area (Å²) in [6.45, 7) is 0. The Morgan fingerprint density at radius 2 is 1.15 bits per heavy atom. The van der Waals surface area contributed by atoms with Crippen molar-refractivity contribution in [3.05, 3.63) is 120 Å². The SMILES string of the molecule is N=C1C=Cc2ccc3ccc(-c4nc(-c5ccccc5)nc(-c5ccc6oc7ccccc7c6c5)n4)cc3c2C1=N. The summed E-state index contributed by atoms with van der Waals surface area (Å²) in [5.41, 5.74) is 6.33. The maximum absolute atomic E-state index is 8.61. The van der Waals surface area contributed by atoms with Gasteiger partial charge in [-0.05, 0) is 52.7 Å². The number of nitrogens with one attached hydrogen (secondary N) is 2. The Balaban J connectivity index is 1.35. The molecule has 0 amide bonds. The summed E-state index contributed by atoms with van der Waals surface area (Å²) in [5.74, 6) is 1.68. The largest absolute Gasteiger partial charge is 0.456 e. The van der Waals surface area contributed by atoms with E-state index in [4.69, 9.17) is 30.2 Å². The lowest BCUT2D eigenvalue weighted by Gasteiger charge is -2.16. The van der Waals surface area contributed by atoms with E-state index in [-0.39, 0.29) is 11.4 Å². The van der Waals surface area contributed by atoms with Crippen LogP contribution in [0.2, 0.25) is 0 Å². The number of hydrogen-bond acceptors (Lipinski definition) is 6. The first-order chi connectivity index (χ1) is 20.1. The number of hydrogen-bond donors (Lipinski definition) is 2. The van der Waals surface area contributed by atoms with E-state index in [1.54, 1.807) is 6.08 Å². The summed E-state index contributed by atoms with van der Waals surface area (Å²) in [4.78, 5) is 14.8. The zero-order valence-electron chi connectivity index (χ0n) is 21.7. The first-order valence-corrected chi connectivity index (χ1v) is 13.3. The minimum absolute atomic E-state index is 0.200. The number of furan rings is 1. The highest BCUT2D eigenvalue weighted by molar-refractivity contribution is 6.53. The molecule has 0 saturated carbocycles. The van der Waals surface area contributed by atoms with Crippen LogP contribution in [0.1, 0.15) is 11.1 Å². The van der Waals surface area contributed by atoms with E-state index >= 15 is 0 Å². The number of nitrogens with zero attached hydrogens (tertiary/aromatic N) is 3. The normalized spacial score (nSPS) is 12.9. The van der Waals surface area contributed by atoms with Crippen molar-refractivity contribution < 1.29 is 4.42 Å². The molecule has 0 unspecified atom stereocenters. The lowest BCUT2D eigenvalue weighted by atomic mass is 9.89. The van der Waals surface area contributed by atoms with Crippen molar-refractivity contribution in [3.63, 3.8) is 0 Å². The Labute approximate surface area is 234 Å². The summed E-state index contributed by atoms with van der Waals surface area (Å²) in [6, 6.07) is 34.0. The Kier molecular flexibility index (Phi) is 5.02. The first-order valence-electron chi connectivity index (χ1n) is 13.3. The molecule has 2 heterocycles. The molecule has 0 fully saturated rings. The molecule has 6 nitrogen and oxygen atoms in total. The van der Waals surface area contributed by atoms with Gasteiger partial charge >= 0.3 is 0 Å². The van der Waals surface area contributed by atoms with Crippen molar-refractivity contribution in [2.24, 2.45) is 0 Å². The van der Waals surface area contributed by atoms with Gasteiger partial charge in [-0.15, -0.1) is 0 Å². The van der Waals surface area contributed by atoms with Crippen molar-refractivity contribution in [1.82, 2.24) is 15.0 Å². The summed E-state index contributed by atoms with van der Waals surface area (Å²) in [6.07, 6.45) is 3.57. The van der Waals surface area contributed by atoms with Crippen LogP contribution in [0.15, 0.2) is 114 Å². The average Bonchev–Trinajstić information content (AvgIpc) is 3.40. The van der Waals surface area contributed by atoms with Crippen LogP contribution in [0.3, 0.4) is 0 Å². The molecule has 41 heavy (non-hydrogen) atoms. The third-order valence-electron chi connectivity index (χ3n) is 7.56. The molecule has 0 atom stereocenters. The molecule has 0 bridgehead atoms. The van der Waals surface area contributed by atoms with E-state index in [0.717, 1.165) is 60.5 Å². The molecule has 0 saturated heterocycles. The lowest BCUT2D eigenvalue weighted by Crippen LogP contribution is -2.16. The average molecular weight is 528 g/mol. The van der Waals surface area contributed by atoms with E-state index in [0.29, 0.717) is 17.5 Å². The van der Waals surface area contributed by atoms with Crippen molar-refractivity contribution in [3.8, 4) is 34.2 Å². The van der Waals surface area contributed by atoms with E-state index in [2.05, 4.69) is 12.1 Å². The van der Waals surface area contributed by atoms with Gasteiger partial charge in [0.25, 0.3) is 0 Å². The van der Waals surface area contributed by atoms with Gasteiger partial charge in [-0.1, -0.05) is 78.9 Å². The maximum atomic E-state index is 8.61. The van der Waals surface area contributed by atoms with Gasteiger partial charge in [-0.25, -0.2) is 15.0 Å². The Hall–Kier alpha value is -5.75. The molecule has 8 rings (SSSR count). The van der Waals surface area contributed by atoms with Crippen LogP contribution in [-0.2, 0) is 0 Å². The molecule has 6 heteroatoms. The van der Waals surface area contributed by atoms with Crippen molar-refractivity contribution in [2.45, 2.75) is 0 Å². The molecule has 1 aliphatic rings. The van der Waals surface area contributed by atoms with Crippen LogP contribution < -0.4 is 0 Å². The number of rotatable bonds is 3. The van der Waals surface area contributed by atoms with Crippen molar-refractivity contribution in [1.29, 1.82) is 10.8 Å². The van der Waals surface area contributed by atoms with Gasteiger partial charge in [-0.3, -0.25) is 10.8 Å². The Bertz CT molecular complexity index is 2250. The fraction of sp³-hybridized carbons (Fsp3) is 0. The molecular weight excluding hydrogens is 506 g/mol. The van der Waals surface area contributed by atoms with Crippen LogP contribution in [0.4, 0.5) is 0 Å². The lowest BCUT2D eigenvalue weighted by molar-refractivity contribution is 0.669. The van der Waals surface area contributed by atoms with Gasteiger partial charge in [0, 0.05) is 33.0 Å². The second-order valence-electron chi connectivity index (χ2n) is 10.1. The third kappa shape index (κ3) is 3.77. The molecule has 2 aromatic heterocycles. The highest BCUT2D eigenvalue weighted by Gasteiger charge is 2.19. The second kappa shape index (κ2) is 8.89. The first kappa shape index (κ1) is 23.2. The van der Waals surface area contributed by atoms with Gasteiger partial charge in [-0.2, -0.15) is 0 Å². The standard InChI is InChI=1S/C35H21N5O/c36-28-16-14-21-12-10-20-11-13-23(18-26(20)31(21)32(28)37)34-38-33(22-6-2-1-3-7-22)39-35(40-34)24-15-17-30-27(19-24)25-8-4-5-9-29(25)41-30/h1-19,36-37H. The number of para-hydroxylation sites is 1. The molecule has 7 aromatic rings. The number of benzene rings is 5. The van der Waals surface area contributed by atoms with E-state index < -0.39 is 0 Å². The molecule has 0 spiro atoms. The predicted octanol–water partition coefficient (Wildman–Crippen LogP) is 8.34. The molecule has 2 N–H and O–H groups in total. The minimum atomic E-state index is 0.200. The van der Waals surface area contributed by atoms with E-state index in [1.165, 1.54) is 0 Å². The van der Waals surface area contributed by atoms with Gasteiger partial charge in [0.2, 0.25) is 0 Å². The fourth-order valence-corrected chi connectivity index (χ4v) is 5.50. The maximum Gasteiger partial charge on any atom is 0.164 e. The molecule has 192 valence electrons. The van der Waals surface area contributed by atoms with Crippen molar-refractivity contribution in [2.75, 3.05) is 0 Å². The summed E-state index contributed by atoms with van der Waals surface area (Å²) >= 11 is 0. The summed E-state index contributed by atoms with van der Waals surface area (Å²) in [5, 5.41) is 20.8. The van der Waals surface area contributed by atoms with Gasteiger partial charge in [0.1, 0.15) is 11.2 Å². The van der Waals surface area contributed by atoms with Gasteiger partial charge in [0.15, 0.2) is 17.5 Å². The molecule has 1 aliphatic carbocycles. The number of fused-ring (bicyclic) bond motifs is 6. The van der Waals surface area contributed by atoms with Crippen molar-refractivity contribution >= 4 is 50.2 Å². The molecule has 0 radical (unpaired) electrons. The Morgan fingerprint density at radius 1 is 0.512 bits per heavy atom. The van der Waals surface area contributed by atoms with Gasteiger partial charge < -0.3 is 4.42 Å². The summed E-state index contributed by atoms with van der Waals surface area (Å²) in [7, 11) is 0. The third-order valence-corrected chi connectivity index (χ3v) is 7.56. The highest BCUT2D eigenvalue weighted by atomic mass is 16.3. The number of allylic oxidation sites excluding steroid dienone is 1. The smallest absolute Gasteiger partial charge is 0.164 e. The quantitative estimate of drug-likeness (QED) is 0.241.